The van der Waals surface area contributed by atoms with Crippen LogP contribution in [0.15, 0.2) is 122 Å². The number of hydrogen-bond donors (Lipinski definition) is 0. The molecule has 0 saturated carbocycles. The van der Waals surface area contributed by atoms with Gasteiger partial charge in [0.1, 0.15) is 13.2 Å². The Hall–Kier alpha value is -4.19. The van der Waals surface area contributed by atoms with Crippen LogP contribution < -0.4 is 0 Å². The second kappa shape index (κ2) is 65.3. The second-order valence-electron chi connectivity index (χ2n) is 21.3. The molecular formula is C72H120O6. The Morgan fingerprint density at radius 2 is 0.500 bits per heavy atom. The molecule has 0 amide bonds. The van der Waals surface area contributed by atoms with Crippen molar-refractivity contribution in [2.75, 3.05) is 13.2 Å². The Balaban J connectivity index is 4.33. The first kappa shape index (κ1) is 73.8. The van der Waals surface area contributed by atoms with Gasteiger partial charge in [-0.3, -0.25) is 14.4 Å². The quantitative estimate of drug-likeness (QED) is 0.0261. The zero-order chi connectivity index (χ0) is 56.4. The summed E-state index contributed by atoms with van der Waals surface area (Å²) in [6, 6.07) is 0. The van der Waals surface area contributed by atoms with Gasteiger partial charge in [0.25, 0.3) is 0 Å². The van der Waals surface area contributed by atoms with Crippen molar-refractivity contribution in [1.29, 1.82) is 0 Å². The van der Waals surface area contributed by atoms with Crippen LogP contribution in [0.1, 0.15) is 297 Å². The third-order valence-electron chi connectivity index (χ3n) is 13.7. The summed E-state index contributed by atoms with van der Waals surface area (Å²) in [7, 11) is 0. The Bertz CT molecular complexity index is 1620. The molecule has 0 radical (unpaired) electrons. The van der Waals surface area contributed by atoms with E-state index >= 15 is 0 Å². The number of ether oxygens (including phenoxy) is 3. The van der Waals surface area contributed by atoms with E-state index in [0.29, 0.717) is 19.3 Å². The zero-order valence-electron chi connectivity index (χ0n) is 50.9. The van der Waals surface area contributed by atoms with Crippen molar-refractivity contribution in [2.24, 2.45) is 0 Å². The van der Waals surface area contributed by atoms with E-state index in [1.54, 1.807) is 0 Å². The van der Waals surface area contributed by atoms with Gasteiger partial charge < -0.3 is 14.2 Å². The minimum atomic E-state index is -0.790. The molecule has 0 fully saturated rings. The summed E-state index contributed by atoms with van der Waals surface area (Å²) < 4.78 is 16.9. The van der Waals surface area contributed by atoms with Crippen LogP contribution in [0.5, 0.6) is 0 Å². The van der Waals surface area contributed by atoms with Crippen LogP contribution in [-0.4, -0.2) is 37.2 Å². The van der Waals surface area contributed by atoms with Crippen LogP contribution >= 0.6 is 0 Å². The lowest BCUT2D eigenvalue weighted by Gasteiger charge is -2.18. The maximum atomic E-state index is 12.9. The van der Waals surface area contributed by atoms with Crippen molar-refractivity contribution < 1.29 is 28.6 Å². The van der Waals surface area contributed by atoms with Gasteiger partial charge in [0, 0.05) is 19.3 Å². The minimum Gasteiger partial charge on any atom is -0.462 e. The molecule has 0 spiro atoms. The van der Waals surface area contributed by atoms with Gasteiger partial charge in [-0.1, -0.05) is 271 Å². The smallest absolute Gasteiger partial charge is 0.306 e. The Kier molecular flexibility index (Phi) is 61.8. The summed E-state index contributed by atoms with van der Waals surface area (Å²) in [4.78, 5) is 38.3. The summed E-state index contributed by atoms with van der Waals surface area (Å²) in [6.45, 7) is 6.39. The molecule has 0 saturated heterocycles. The van der Waals surface area contributed by atoms with Crippen LogP contribution in [0.2, 0.25) is 0 Å². The molecular weight excluding hydrogens is 961 g/mol. The highest BCUT2D eigenvalue weighted by Gasteiger charge is 2.19. The van der Waals surface area contributed by atoms with E-state index in [1.807, 2.05) is 0 Å². The molecule has 0 heterocycles. The van der Waals surface area contributed by atoms with Crippen molar-refractivity contribution in [1.82, 2.24) is 0 Å². The summed E-state index contributed by atoms with van der Waals surface area (Å²) in [5.74, 6) is -0.900. The molecule has 0 N–H and O–H groups in total. The summed E-state index contributed by atoms with van der Waals surface area (Å²) in [5.41, 5.74) is 0. The van der Waals surface area contributed by atoms with Gasteiger partial charge in [0.05, 0.1) is 0 Å². The number of hydrogen-bond acceptors (Lipinski definition) is 6. The van der Waals surface area contributed by atoms with E-state index in [4.69, 9.17) is 14.2 Å². The maximum absolute atomic E-state index is 12.9. The van der Waals surface area contributed by atoms with E-state index in [-0.39, 0.29) is 31.1 Å². The summed E-state index contributed by atoms with van der Waals surface area (Å²) in [5, 5.41) is 0. The standard InChI is InChI=1S/C72H120O6/c1-4-7-10-13-16-19-22-25-27-29-31-33-35-36-38-39-41-43-45-47-50-53-56-59-62-65-71(74)77-68-69(67-76-70(73)64-61-58-55-52-49-24-21-18-15-12-9-6-3)78-72(75)66-63-60-57-54-51-48-46-44-42-40-37-34-32-30-28-26-23-20-17-14-11-8-5-2/h7-8,10-11,16-21,25-28,31-34,36,38,69H,4-6,9,12-15,22-24,29-30,35,37,39-68H2,1-3H3/b10-7-,11-8-,19-16-,20-17-,21-18-,27-25-,28-26-,33-31-,34-32-,38-36-. The molecule has 0 aromatic rings. The Morgan fingerprint density at radius 1 is 0.269 bits per heavy atom. The van der Waals surface area contributed by atoms with Crippen LogP contribution in [0.25, 0.3) is 0 Å². The molecule has 1 atom stereocenters. The Labute approximate surface area is 482 Å². The predicted molar refractivity (Wildman–Crippen MR) is 339 cm³/mol. The average molecular weight is 1080 g/mol. The van der Waals surface area contributed by atoms with Gasteiger partial charge >= 0.3 is 17.9 Å². The molecule has 444 valence electrons. The predicted octanol–water partition coefficient (Wildman–Crippen LogP) is 22.4. The van der Waals surface area contributed by atoms with Gasteiger partial charge in [-0.15, -0.1) is 0 Å². The maximum Gasteiger partial charge on any atom is 0.306 e. The first-order valence-corrected chi connectivity index (χ1v) is 32.5. The second-order valence-corrected chi connectivity index (χ2v) is 21.3. The molecule has 6 heteroatoms. The molecule has 0 aromatic carbocycles. The van der Waals surface area contributed by atoms with E-state index in [1.165, 1.54) is 128 Å². The normalized spacial score (nSPS) is 12.9. The molecule has 0 rings (SSSR count). The fourth-order valence-corrected chi connectivity index (χ4v) is 8.87. The molecule has 0 aliphatic carbocycles. The molecule has 6 nitrogen and oxygen atoms in total. The molecule has 1 unspecified atom stereocenters. The van der Waals surface area contributed by atoms with E-state index in [0.717, 1.165) is 128 Å². The van der Waals surface area contributed by atoms with E-state index in [2.05, 4.69) is 142 Å². The molecule has 0 aliphatic heterocycles. The first-order valence-electron chi connectivity index (χ1n) is 32.5. The van der Waals surface area contributed by atoms with Gasteiger partial charge in [-0.25, -0.2) is 0 Å². The number of carbonyl (C=O) groups excluding carboxylic acids is 3. The molecule has 0 aromatic heterocycles. The molecule has 0 bridgehead atoms. The lowest BCUT2D eigenvalue weighted by atomic mass is 10.0. The van der Waals surface area contributed by atoms with Gasteiger partial charge in [-0.05, 0) is 128 Å². The number of allylic oxidation sites excluding steroid dienone is 20. The van der Waals surface area contributed by atoms with Gasteiger partial charge in [-0.2, -0.15) is 0 Å². The van der Waals surface area contributed by atoms with Crippen LogP contribution in [0, 0.1) is 0 Å². The Morgan fingerprint density at radius 3 is 0.795 bits per heavy atom. The summed E-state index contributed by atoms with van der Waals surface area (Å²) in [6.07, 6.45) is 90.6. The monoisotopic (exact) mass is 1080 g/mol. The molecule has 0 aliphatic rings. The third kappa shape index (κ3) is 62.7. The van der Waals surface area contributed by atoms with Crippen LogP contribution in [0.4, 0.5) is 0 Å². The van der Waals surface area contributed by atoms with Crippen LogP contribution in [0.3, 0.4) is 0 Å². The highest BCUT2D eigenvalue weighted by molar-refractivity contribution is 5.71. The fourth-order valence-electron chi connectivity index (χ4n) is 8.87. The van der Waals surface area contributed by atoms with Crippen molar-refractivity contribution in [3.8, 4) is 0 Å². The zero-order valence-corrected chi connectivity index (χ0v) is 50.9. The highest BCUT2D eigenvalue weighted by Crippen LogP contribution is 2.16. The third-order valence-corrected chi connectivity index (χ3v) is 13.7. The van der Waals surface area contributed by atoms with Crippen molar-refractivity contribution >= 4 is 17.9 Å². The van der Waals surface area contributed by atoms with Gasteiger partial charge in [0.15, 0.2) is 6.10 Å². The number of esters is 3. The number of carbonyl (C=O) groups is 3. The SMILES string of the molecule is CC/C=C\C/C=C\C/C=C\C/C=C\C/C=C\CCCCCCCCCCCC(=O)OCC(COC(=O)CCCCCCC/C=C\CCCCC)OC(=O)CCCCCCCCCCCC/C=C\C/C=C\C/C=C\C/C=C\CC. The van der Waals surface area contributed by atoms with Crippen molar-refractivity contribution in [2.45, 2.75) is 303 Å². The van der Waals surface area contributed by atoms with Crippen LogP contribution in [-0.2, 0) is 28.6 Å². The van der Waals surface area contributed by atoms with Gasteiger partial charge in [0.2, 0.25) is 0 Å². The van der Waals surface area contributed by atoms with E-state index < -0.39 is 6.10 Å². The van der Waals surface area contributed by atoms with Crippen molar-refractivity contribution in [3.63, 3.8) is 0 Å². The number of rotatable bonds is 58. The highest BCUT2D eigenvalue weighted by atomic mass is 16.6. The lowest BCUT2D eigenvalue weighted by molar-refractivity contribution is -0.167. The first-order chi connectivity index (χ1) is 38.5. The van der Waals surface area contributed by atoms with Crippen molar-refractivity contribution in [3.05, 3.63) is 122 Å². The molecule has 78 heavy (non-hydrogen) atoms. The topological polar surface area (TPSA) is 78.9 Å². The average Bonchev–Trinajstić information content (AvgIpc) is 3.44. The number of unbranched alkanes of at least 4 members (excludes halogenated alkanes) is 27. The summed E-state index contributed by atoms with van der Waals surface area (Å²) >= 11 is 0. The van der Waals surface area contributed by atoms with E-state index in [9.17, 15) is 14.4 Å². The fraction of sp³-hybridized carbons (Fsp3) is 0.681. The minimum absolute atomic E-state index is 0.0869. The largest absolute Gasteiger partial charge is 0.462 e. The lowest BCUT2D eigenvalue weighted by Crippen LogP contribution is -2.30.